The summed E-state index contributed by atoms with van der Waals surface area (Å²) >= 11 is 0. The van der Waals surface area contributed by atoms with Crippen molar-refractivity contribution in [2.45, 2.75) is 32.3 Å². The fourth-order valence-electron chi connectivity index (χ4n) is 3.30. The number of fused-ring (bicyclic) bond motifs is 3. The van der Waals surface area contributed by atoms with Crippen LogP contribution in [0, 0.1) is 5.82 Å². The van der Waals surface area contributed by atoms with E-state index in [1.165, 1.54) is 4.90 Å². The Morgan fingerprint density at radius 2 is 1.96 bits per heavy atom. The lowest BCUT2D eigenvalue weighted by atomic mass is 9.94. The first kappa shape index (κ1) is 17.5. The number of phenolic OH excluding ortho intramolecular Hbond substituents is 1. The fraction of sp³-hybridized carbons (Fsp3) is 0.421. The van der Waals surface area contributed by atoms with Crippen molar-refractivity contribution in [2.75, 3.05) is 25.2 Å². The molecule has 134 valence electrons. The fourth-order valence-corrected chi connectivity index (χ4v) is 3.30. The molecule has 0 aromatic heterocycles. The van der Waals surface area contributed by atoms with E-state index in [2.05, 4.69) is 0 Å². The summed E-state index contributed by atoms with van der Waals surface area (Å²) in [6, 6.07) is 7.03. The van der Waals surface area contributed by atoms with E-state index >= 15 is 0 Å². The van der Waals surface area contributed by atoms with Crippen LogP contribution in [0.25, 0.3) is 10.8 Å². The number of hydrogen-bond acceptors (Lipinski definition) is 4. The zero-order valence-corrected chi connectivity index (χ0v) is 14.8. The van der Waals surface area contributed by atoms with Crippen LogP contribution in [0.4, 0.5) is 14.9 Å². The largest absolute Gasteiger partial charge is 0.504 e. The van der Waals surface area contributed by atoms with Gasteiger partial charge in [0.05, 0.1) is 12.3 Å². The summed E-state index contributed by atoms with van der Waals surface area (Å²) in [5, 5.41) is 11.4. The van der Waals surface area contributed by atoms with Crippen molar-refractivity contribution in [1.29, 1.82) is 0 Å². The van der Waals surface area contributed by atoms with Crippen LogP contribution in [0.3, 0.4) is 0 Å². The number of ether oxygens (including phenoxy) is 2. The highest BCUT2D eigenvalue weighted by Gasteiger charge is 2.39. The topological polar surface area (TPSA) is 59.0 Å². The van der Waals surface area contributed by atoms with Crippen LogP contribution in [0.2, 0.25) is 0 Å². The Balaban J connectivity index is 2.20. The van der Waals surface area contributed by atoms with E-state index in [1.54, 1.807) is 40.0 Å². The van der Waals surface area contributed by atoms with E-state index in [9.17, 15) is 14.3 Å². The Labute approximate surface area is 145 Å². The number of anilines is 1. The molecule has 0 aliphatic carbocycles. The highest BCUT2D eigenvalue weighted by molar-refractivity contribution is 6.02. The Morgan fingerprint density at radius 1 is 1.32 bits per heavy atom. The summed E-state index contributed by atoms with van der Waals surface area (Å²) in [6.07, 6.45) is -0.638. The first-order valence-electron chi connectivity index (χ1n) is 8.17. The van der Waals surface area contributed by atoms with Gasteiger partial charge in [0.15, 0.2) is 11.6 Å². The molecule has 0 saturated carbocycles. The summed E-state index contributed by atoms with van der Waals surface area (Å²) in [4.78, 5) is 13.8. The summed E-state index contributed by atoms with van der Waals surface area (Å²) < 4.78 is 25.6. The van der Waals surface area contributed by atoms with E-state index in [4.69, 9.17) is 9.47 Å². The standard InChI is InChI=1S/C19H22FNO4/c1-19(2,3)25-18(23)21-9-11(10-24-4)14-12-7-5-6-8-13(12)17(22)15(20)16(14)21/h5-8,11,22H,9-10H2,1-4H3/t11-/m0/s1. The zero-order chi connectivity index (χ0) is 18.4. The predicted octanol–water partition coefficient (Wildman–Crippen LogP) is 4.17. The number of amides is 1. The second-order valence-corrected chi connectivity index (χ2v) is 7.21. The third kappa shape index (κ3) is 3.02. The van der Waals surface area contributed by atoms with Crippen LogP contribution in [0.1, 0.15) is 32.3 Å². The molecule has 1 atom stereocenters. The van der Waals surface area contributed by atoms with E-state index in [-0.39, 0.29) is 18.2 Å². The maximum atomic E-state index is 14.9. The van der Waals surface area contributed by atoms with Gasteiger partial charge in [0.2, 0.25) is 0 Å². The third-order valence-electron chi connectivity index (χ3n) is 4.21. The molecule has 0 bridgehead atoms. The average Bonchev–Trinajstić information content (AvgIpc) is 2.91. The van der Waals surface area contributed by atoms with Gasteiger partial charge in [-0.1, -0.05) is 24.3 Å². The quantitative estimate of drug-likeness (QED) is 0.886. The molecule has 0 fully saturated rings. The molecule has 1 aliphatic rings. The molecule has 1 amide bonds. The summed E-state index contributed by atoms with van der Waals surface area (Å²) in [7, 11) is 1.56. The van der Waals surface area contributed by atoms with Crippen LogP contribution >= 0.6 is 0 Å². The third-order valence-corrected chi connectivity index (χ3v) is 4.21. The SMILES string of the molecule is COC[C@@H]1CN(C(=O)OC(C)(C)C)c2c(F)c(O)c3ccccc3c21. The second-order valence-electron chi connectivity index (χ2n) is 7.21. The van der Waals surface area contributed by atoms with Gasteiger partial charge in [0.25, 0.3) is 0 Å². The van der Waals surface area contributed by atoms with Gasteiger partial charge < -0.3 is 14.6 Å². The van der Waals surface area contributed by atoms with Gasteiger partial charge in [-0.15, -0.1) is 0 Å². The number of halogens is 1. The van der Waals surface area contributed by atoms with Gasteiger partial charge in [-0.2, -0.15) is 0 Å². The molecule has 2 aromatic rings. The van der Waals surface area contributed by atoms with Crippen LogP contribution < -0.4 is 4.90 Å². The van der Waals surface area contributed by atoms with E-state index < -0.39 is 23.3 Å². The lowest BCUT2D eigenvalue weighted by molar-refractivity contribution is 0.0578. The lowest BCUT2D eigenvalue weighted by Gasteiger charge is -2.25. The maximum Gasteiger partial charge on any atom is 0.414 e. The van der Waals surface area contributed by atoms with Crippen molar-refractivity contribution < 1.29 is 23.8 Å². The number of benzene rings is 2. The molecule has 1 N–H and O–H groups in total. The minimum absolute atomic E-state index is 0.0764. The molecule has 2 aromatic carbocycles. The Morgan fingerprint density at radius 3 is 2.56 bits per heavy atom. The van der Waals surface area contributed by atoms with E-state index in [0.717, 1.165) is 0 Å². The Bertz CT molecular complexity index is 828. The van der Waals surface area contributed by atoms with Gasteiger partial charge in [-0.25, -0.2) is 9.18 Å². The number of carbonyl (C=O) groups is 1. The molecule has 1 heterocycles. The Kier molecular flexibility index (Phi) is 4.33. The normalized spacial score (nSPS) is 17.0. The number of nitrogens with zero attached hydrogens (tertiary/aromatic N) is 1. The molecule has 0 radical (unpaired) electrons. The minimum Gasteiger partial charge on any atom is -0.504 e. The van der Waals surface area contributed by atoms with Crippen molar-refractivity contribution in [1.82, 2.24) is 0 Å². The van der Waals surface area contributed by atoms with Gasteiger partial charge in [0, 0.05) is 25.0 Å². The highest BCUT2D eigenvalue weighted by Crippen LogP contribution is 2.47. The molecular formula is C19H22FNO4. The minimum atomic E-state index is -0.807. The number of phenols is 1. The molecular weight excluding hydrogens is 325 g/mol. The zero-order valence-electron chi connectivity index (χ0n) is 14.8. The highest BCUT2D eigenvalue weighted by atomic mass is 19.1. The number of methoxy groups -OCH3 is 1. The van der Waals surface area contributed by atoms with Gasteiger partial charge in [-0.3, -0.25) is 4.90 Å². The van der Waals surface area contributed by atoms with E-state index in [1.807, 2.05) is 12.1 Å². The molecule has 25 heavy (non-hydrogen) atoms. The maximum absolute atomic E-state index is 14.9. The van der Waals surface area contributed by atoms with Crippen molar-refractivity contribution in [3.05, 3.63) is 35.6 Å². The molecule has 5 nitrogen and oxygen atoms in total. The molecule has 0 spiro atoms. The summed E-state index contributed by atoms with van der Waals surface area (Å²) in [5.41, 5.74) is 0.0393. The van der Waals surface area contributed by atoms with Crippen LogP contribution in [-0.2, 0) is 9.47 Å². The van der Waals surface area contributed by atoms with Crippen molar-refractivity contribution in [3.8, 4) is 5.75 Å². The van der Waals surface area contributed by atoms with Crippen LogP contribution in [-0.4, -0.2) is 37.1 Å². The van der Waals surface area contributed by atoms with Gasteiger partial charge >= 0.3 is 6.09 Å². The van der Waals surface area contributed by atoms with Gasteiger partial charge in [-0.05, 0) is 31.7 Å². The van der Waals surface area contributed by atoms with Crippen molar-refractivity contribution in [2.24, 2.45) is 0 Å². The first-order valence-corrected chi connectivity index (χ1v) is 8.17. The van der Waals surface area contributed by atoms with Crippen LogP contribution in [0.5, 0.6) is 5.75 Å². The number of aromatic hydroxyl groups is 1. The molecule has 6 heteroatoms. The average molecular weight is 347 g/mol. The summed E-state index contributed by atoms with van der Waals surface area (Å²) in [6.45, 7) is 5.83. The number of rotatable bonds is 2. The molecule has 3 rings (SSSR count). The smallest absolute Gasteiger partial charge is 0.414 e. The molecule has 0 saturated heterocycles. The molecule has 0 unspecified atom stereocenters. The second kappa shape index (κ2) is 6.19. The van der Waals surface area contributed by atoms with Crippen molar-refractivity contribution in [3.63, 3.8) is 0 Å². The van der Waals surface area contributed by atoms with E-state index in [0.29, 0.717) is 22.9 Å². The monoisotopic (exact) mass is 347 g/mol. The Hall–Kier alpha value is -2.34. The number of hydrogen-bond donors (Lipinski definition) is 1. The number of carbonyl (C=O) groups excluding carboxylic acids is 1. The first-order chi connectivity index (χ1) is 11.7. The van der Waals surface area contributed by atoms with Crippen molar-refractivity contribution >= 4 is 22.6 Å². The molecule has 1 aliphatic heterocycles. The van der Waals surface area contributed by atoms with Gasteiger partial charge in [0.1, 0.15) is 5.60 Å². The lowest BCUT2D eigenvalue weighted by Crippen LogP contribution is -2.36. The summed E-state index contributed by atoms with van der Waals surface area (Å²) in [5.74, 6) is -1.47. The van der Waals surface area contributed by atoms with Crippen LogP contribution in [0.15, 0.2) is 24.3 Å². The predicted molar refractivity (Wildman–Crippen MR) is 93.8 cm³/mol.